The molecule has 0 spiro atoms. The fourth-order valence-corrected chi connectivity index (χ4v) is 1.72. The first-order chi connectivity index (χ1) is 9.63. The molecule has 3 nitrogen and oxygen atoms in total. The predicted molar refractivity (Wildman–Crippen MR) is 65.9 cm³/mol. The van der Waals surface area contributed by atoms with Gasteiger partial charge in [0.2, 0.25) is 0 Å². The SMILES string of the molecule is Fc1cc(F)c(Oc2ccc3cccnc3c2)nc1F. The molecule has 0 unspecified atom stereocenters. The third-order valence-electron chi connectivity index (χ3n) is 2.65. The number of hydrogen-bond acceptors (Lipinski definition) is 3. The molecule has 3 rings (SSSR count). The highest BCUT2D eigenvalue weighted by molar-refractivity contribution is 5.79. The third-order valence-corrected chi connectivity index (χ3v) is 2.65. The zero-order valence-electron chi connectivity index (χ0n) is 9.98. The topological polar surface area (TPSA) is 35.0 Å². The van der Waals surface area contributed by atoms with E-state index in [9.17, 15) is 13.2 Å². The minimum absolute atomic E-state index is 0.230. The van der Waals surface area contributed by atoms with E-state index in [1.165, 1.54) is 0 Å². The maximum atomic E-state index is 13.4. The summed E-state index contributed by atoms with van der Waals surface area (Å²) in [6.45, 7) is 0. The van der Waals surface area contributed by atoms with Crippen LogP contribution in [0.3, 0.4) is 0 Å². The second-order valence-corrected chi connectivity index (χ2v) is 4.01. The molecule has 100 valence electrons. The Bertz CT molecular complexity index is 792. The van der Waals surface area contributed by atoms with E-state index in [2.05, 4.69) is 9.97 Å². The van der Waals surface area contributed by atoms with Gasteiger partial charge >= 0.3 is 0 Å². The number of nitrogens with zero attached hydrogens (tertiary/aromatic N) is 2. The quantitative estimate of drug-likeness (QED) is 0.667. The van der Waals surface area contributed by atoms with Crippen molar-refractivity contribution >= 4 is 10.9 Å². The Hall–Kier alpha value is -2.63. The van der Waals surface area contributed by atoms with Crippen molar-refractivity contribution in [3.8, 4) is 11.6 Å². The summed E-state index contributed by atoms with van der Waals surface area (Å²) in [5.74, 6) is -4.26. The Kier molecular flexibility index (Phi) is 2.98. The lowest BCUT2D eigenvalue weighted by molar-refractivity contribution is 0.387. The Morgan fingerprint density at radius 2 is 1.80 bits per heavy atom. The molecule has 20 heavy (non-hydrogen) atoms. The molecule has 0 aliphatic rings. The Labute approximate surface area is 111 Å². The van der Waals surface area contributed by atoms with Gasteiger partial charge in [0.1, 0.15) is 5.75 Å². The van der Waals surface area contributed by atoms with Crippen LogP contribution in [0.15, 0.2) is 42.6 Å². The molecule has 0 aliphatic carbocycles. The van der Waals surface area contributed by atoms with Crippen LogP contribution in [0, 0.1) is 17.6 Å². The van der Waals surface area contributed by atoms with Crippen molar-refractivity contribution in [2.24, 2.45) is 0 Å². The average Bonchev–Trinajstić information content (AvgIpc) is 2.44. The van der Waals surface area contributed by atoms with Gasteiger partial charge in [-0.1, -0.05) is 6.07 Å². The summed E-state index contributed by atoms with van der Waals surface area (Å²) in [5.41, 5.74) is 0.632. The maximum Gasteiger partial charge on any atom is 0.258 e. The molecule has 0 N–H and O–H groups in total. The largest absolute Gasteiger partial charge is 0.436 e. The van der Waals surface area contributed by atoms with Crippen molar-refractivity contribution in [1.82, 2.24) is 9.97 Å². The average molecular weight is 276 g/mol. The highest BCUT2D eigenvalue weighted by Crippen LogP contribution is 2.26. The molecule has 0 bridgehead atoms. The molecule has 2 aromatic heterocycles. The number of ether oxygens (including phenoxy) is 1. The zero-order valence-corrected chi connectivity index (χ0v) is 9.98. The van der Waals surface area contributed by atoms with E-state index in [0.29, 0.717) is 11.6 Å². The first-order valence-corrected chi connectivity index (χ1v) is 5.67. The Morgan fingerprint density at radius 1 is 0.950 bits per heavy atom. The standard InChI is InChI=1S/C14H7F3N2O/c15-10-7-11(16)14(19-13(10)17)20-9-4-3-8-2-1-5-18-12(8)6-9/h1-7H. The summed E-state index contributed by atoms with van der Waals surface area (Å²) in [6, 6.07) is 8.85. The van der Waals surface area contributed by atoms with Gasteiger partial charge in [0.25, 0.3) is 11.8 Å². The number of fused-ring (bicyclic) bond motifs is 1. The van der Waals surface area contributed by atoms with E-state index in [-0.39, 0.29) is 5.75 Å². The van der Waals surface area contributed by atoms with Crippen molar-refractivity contribution in [3.05, 3.63) is 60.2 Å². The zero-order chi connectivity index (χ0) is 14.1. The van der Waals surface area contributed by atoms with E-state index in [1.54, 1.807) is 30.5 Å². The summed E-state index contributed by atoms with van der Waals surface area (Å²) in [6.07, 6.45) is 1.60. The lowest BCUT2D eigenvalue weighted by Gasteiger charge is -2.06. The van der Waals surface area contributed by atoms with E-state index in [0.717, 1.165) is 5.39 Å². The third kappa shape index (κ3) is 2.27. The smallest absolute Gasteiger partial charge is 0.258 e. The highest BCUT2D eigenvalue weighted by Gasteiger charge is 2.13. The second kappa shape index (κ2) is 4.80. The monoisotopic (exact) mass is 276 g/mol. The van der Waals surface area contributed by atoms with E-state index >= 15 is 0 Å². The summed E-state index contributed by atoms with van der Waals surface area (Å²) < 4.78 is 44.3. The van der Waals surface area contributed by atoms with Crippen molar-refractivity contribution in [1.29, 1.82) is 0 Å². The van der Waals surface area contributed by atoms with Crippen LogP contribution in [0.1, 0.15) is 0 Å². The molecule has 0 atom stereocenters. The summed E-state index contributed by atoms with van der Waals surface area (Å²) in [5, 5.41) is 0.874. The van der Waals surface area contributed by atoms with Gasteiger partial charge in [-0.2, -0.15) is 9.37 Å². The molecule has 6 heteroatoms. The van der Waals surface area contributed by atoms with E-state index < -0.39 is 23.5 Å². The van der Waals surface area contributed by atoms with Crippen molar-refractivity contribution < 1.29 is 17.9 Å². The molecular weight excluding hydrogens is 269 g/mol. The maximum absolute atomic E-state index is 13.4. The number of pyridine rings is 2. The van der Waals surface area contributed by atoms with Crippen LogP contribution in [-0.2, 0) is 0 Å². The van der Waals surface area contributed by atoms with Crippen LogP contribution in [0.2, 0.25) is 0 Å². The Balaban J connectivity index is 1.99. The fourth-order valence-electron chi connectivity index (χ4n) is 1.72. The van der Waals surface area contributed by atoms with Crippen LogP contribution >= 0.6 is 0 Å². The molecule has 0 radical (unpaired) electrons. The van der Waals surface area contributed by atoms with Crippen LogP contribution in [0.5, 0.6) is 11.6 Å². The first kappa shape index (κ1) is 12.4. The highest BCUT2D eigenvalue weighted by atomic mass is 19.2. The van der Waals surface area contributed by atoms with Gasteiger partial charge in [-0.05, 0) is 18.2 Å². The van der Waals surface area contributed by atoms with Crippen LogP contribution < -0.4 is 4.74 Å². The molecule has 0 fully saturated rings. The number of benzene rings is 1. The molecule has 0 amide bonds. The van der Waals surface area contributed by atoms with Gasteiger partial charge < -0.3 is 4.74 Å². The number of aromatic nitrogens is 2. The van der Waals surface area contributed by atoms with Gasteiger partial charge in [0.05, 0.1) is 5.52 Å². The molecule has 0 aliphatic heterocycles. The van der Waals surface area contributed by atoms with Crippen molar-refractivity contribution in [3.63, 3.8) is 0 Å². The normalized spacial score (nSPS) is 10.8. The van der Waals surface area contributed by atoms with E-state index in [1.807, 2.05) is 6.07 Å². The van der Waals surface area contributed by atoms with Gasteiger partial charge in [-0.3, -0.25) is 4.98 Å². The minimum Gasteiger partial charge on any atom is -0.436 e. The van der Waals surface area contributed by atoms with Gasteiger partial charge in [-0.15, -0.1) is 0 Å². The molecule has 1 aromatic carbocycles. The van der Waals surface area contributed by atoms with Crippen molar-refractivity contribution in [2.75, 3.05) is 0 Å². The summed E-state index contributed by atoms with van der Waals surface area (Å²) in [7, 11) is 0. The number of hydrogen-bond donors (Lipinski definition) is 0. The Morgan fingerprint density at radius 3 is 2.65 bits per heavy atom. The number of rotatable bonds is 2. The molecular formula is C14H7F3N2O. The first-order valence-electron chi connectivity index (χ1n) is 5.67. The van der Waals surface area contributed by atoms with Gasteiger partial charge in [0, 0.05) is 23.7 Å². The summed E-state index contributed by atoms with van der Waals surface area (Å²) >= 11 is 0. The van der Waals surface area contributed by atoms with E-state index in [4.69, 9.17) is 4.74 Å². The van der Waals surface area contributed by atoms with Crippen LogP contribution in [-0.4, -0.2) is 9.97 Å². The molecule has 0 saturated carbocycles. The predicted octanol–water partition coefficient (Wildman–Crippen LogP) is 3.84. The molecule has 2 heterocycles. The second-order valence-electron chi connectivity index (χ2n) is 4.01. The van der Waals surface area contributed by atoms with Crippen LogP contribution in [0.25, 0.3) is 10.9 Å². The summed E-state index contributed by atoms with van der Waals surface area (Å²) in [4.78, 5) is 7.20. The lowest BCUT2D eigenvalue weighted by atomic mass is 10.2. The van der Waals surface area contributed by atoms with Crippen LogP contribution in [0.4, 0.5) is 13.2 Å². The van der Waals surface area contributed by atoms with Gasteiger partial charge in [-0.25, -0.2) is 8.78 Å². The van der Waals surface area contributed by atoms with Gasteiger partial charge in [0.15, 0.2) is 11.6 Å². The number of halogens is 3. The minimum atomic E-state index is -1.42. The van der Waals surface area contributed by atoms with Crippen molar-refractivity contribution in [2.45, 2.75) is 0 Å². The fraction of sp³-hybridized carbons (Fsp3) is 0. The molecule has 0 saturated heterocycles. The molecule has 3 aromatic rings. The lowest BCUT2D eigenvalue weighted by Crippen LogP contribution is -1.98.